The first-order valence-electron chi connectivity index (χ1n) is 7.14. The van der Waals surface area contributed by atoms with E-state index in [9.17, 15) is 4.39 Å². The highest BCUT2D eigenvalue weighted by Crippen LogP contribution is 2.42. The van der Waals surface area contributed by atoms with Crippen molar-refractivity contribution in [3.63, 3.8) is 0 Å². The van der Waals surface area contributed by atoms with Gasteiger partial charge in [-0.2, -0.15) is 0 Å². The quantitative estimate of drug-likeness (QED) is 0.541. The molecular weight excluding hydrogens is 334 g/mol. The van der Waals surface area contributed by atoms with Crippen molar-refractivity contribution >= 4 is 23.2 Å². The van der Waals surface area contributed by atoms with Gasteiger partial charge in [0, 0.05) is 16.7 Å². The molecule has 0 aromatic heterocycles. The van der Waals surface area contributed by atoms with E-state index in [4.69, 9.17) is 27.9 Å². The lowest BCUT2D eigenvalue weighted by Gasteiger charge is -2.20. The number of hydrogen-bond donors (Lipinski definition) is 0. The summed E-state index contributed by atoms with van der Waals surface area (Å²) < 4.78 is 20.1. The van der Waals surface area contributed by atoms with Crippen LogP contribution in [0.5, 0.6) is 5.75 Å². The van der Waals surface area contributed by atoms with Gasteiger partial charge in [-0.1, -0.05) is 48.0 Å². The standard InChI is InChI=1S/C19H17Cl2FO/c1-4-7-13-10-14(22)11-15(19(13)23-12(3)5-2)18-16(20)8-6-9-17(18)21/h4-6,8-12H,1-2,7H2,3H3. The smallest absolute Gasteiger partial charge is 0.131 e. The van der Waals surface area contributed by atoms with E-state index >= 15 is 0 Å². The number of ether oxygens (including phenoxy) is 1. The Hall–Kier alpha value is -1.77. The van der Waals surface area contributed by atoms with Crippen molar-refractivity contribution < 1.29 is 9.13 Å². The molecule has 23 heavy (non-hydrogen) atoms. The summed E-state index contributed by atoms with van der Waals surface area (Å²) in [5.74, 6) is 0.153. The second-order valence-corrected chi connectivity index (χ2v) is 5.90. The summed E-state index contributed by atoms with van der Waals surface area (Å²) in [7, 11) is 0. The molecule has 0 aliphatic heterocycles. The van der Waals surface area contributed by atoms with Crippen molar-refractivity contribution in [3.05, 3.63) is 77.1 Å². The zero-order chi connectivity index (χ0) is 17.0. The Morgan fingerprint density at radius 3 is 2.43 bits per heavy atom. The van der Waals surface area contributed by atoms with Gasteiger partial charge in [-0.3, -0.25) is 0 Å². The largest absolute Gasteiger partial charge is 0.486 e. The Morgan fingerprint density at radius 1 is 1.22 bits per heavy atom. The zero-order valence-corrected chi connectivity index (χ0v) is 14.3. The molecule has 1 nitrogen and oxygen atoms in total. The highest BCUT2D eigenvalue weighted by atomic mass is 35.5. The molecule has 0 radical (unpaired) electrons. The zero-order valence-electron chi connectivity index (χ0n) is 12.8. The minimum Gasteiger partial charge on any atom is -0.486 e. The maximum absolute atomic E-state index is 14.1. The van der Waals surface area contributed by atoms with Crippen molar-refractivity contribution in [3.8, 4) is 16.9 Å². The molecule has 4 heteroatoms. The van der Waals surface area contributed by atoms with Crippen molar-refractivity contribution in [2.45, 2.75) is 19.4 Å². The van der Waals surface area contributed by atoms with Crippen LogP contribution in [0.4, 0.5) is 4.39 Å². The van der Waals surface area contributed by atoms with Gasteiger partial charge in [-0.25, -0.2) is 4.39 Å². The summed E-state index contributed by atoms with van der Waals surface area (Å²) in [5.41, 5.74) is 1.75. The predicted molar refractivity (Wildman–Crippen MR) is 96.0 cm³/mol. The highest BCUT2D eigenvalue weighted by molar-refractivity contribution is 6.39. The third-order valence-corrected chi connectivity index (χ3v) is 3.99. The Bertz CT molecular complexity index is 720. The van der Waals surface area contributed by atoms with Gasteiger partial charge in [0.15, 0.2) is 0 Å². The van der Waals surface area contributed by atoms with Crippen LogP contribution in [0.1, 0.15) is 12.5 Å². The fourth-order valence-electron chi connectivity index (χ4n) is 2.27. The summed E-state index contributed by atoms with van der Waals surface area (Å²) in [6.07, 6.45) is 3.58. The van der Waals surface area contributed by atoms with Crippen molar-refractivity contribution in [1.29, 1.82) is 0 Å². The van der Waals surface area contributed by atoms with E-state index in [0.717, 1.165) is 0 Å². The van der Waals surface area contributed by atoms with E-state index in [-0.39, 0.29) is 11.9 Å². The highest BCUT2D eigenvalue weighted by Gasteiger charge is 2.19. The first-order valence-corrected chi connectivity index (χ1v) is 7.90. The molecule has 0 aliphatic carbocycles. The molecule has 0 fully saturated rings. The van der Waals surface area contributed by atoms with Crippen LogP contribution in [-0.2, 0) is 6.42 Å². The summed E-state index contributed by atoms with van der Waals surface area (Å²) in [5, 5.41) is 0.868. The van der Waals surface area contributed by atoms with Crippen LogP contribution >= 0.6 is 23.2 Å². The second-order valence-electron chi connectivity index (χ2n) is 5.09. The number of rotatable bonds is 6. The maximum atomic E-state index is 14.1. The van der Waals surface area contributed by atoms with Gasteiger partial charge in [-0.15, -0.1) is 6.58 Å². The number of hydrogen-bond acceptors (Lipinski definition) is 1. The molecule has 0 saturated carbocycles. The lowest BCUT2D eigenvalue weighted by molar-refractivity contribution is 0.268. The van der Waals surface area contributed by atoms with Gasteiger partial charge in [0.05, 0.1) is 10.0 Å². The minimum absolute atomic E-state index is 0.246. The fourth-order valence-corrected chi connectivity index (χ4v) is 2.87. The van der Waals surface area contributed by atoms with Crippen LogP contribution in [0, 0.1) is 5.82 Å². The van der Waals surface area contributed by atoms with Crippen LogP contribution in [0.15, 0.2) is 55.6 Å². The molecule has 0 saturated heterocycles. The average molecular weight is 351 g/mol. The first-order chi connectivity index (χ1) is 11.0. The van der Waals surface area contributed by atoms with Gasteiger partial charge >= 0.3 is 0 Å². The molecule has 120 valence electrons. The third-order valence-electron chi connectivity index (χ3n) is 3.36. The molecule has 0 N–H and O–H groups in total. The van der Waals surface area contributed by atoms with E-state index in [1.807, 2.05) is 6.92 Å². The van der Waals surface area contributed by atoms with Crippen LogP contribution < -0.4 is 4.74 Å². The van der Waals surface area contributed by atoms with Crippen molar-refractivity contribution in [2.24, 2.45) is 0 Å². The van der Waals surface area contributed by atoms with Crippen LogP contribution in [-0.4, -0.2) is 6.10 Å². The molecule has 2 rings (SSSR count). The average Bonchev–Trinajstić information content (AvgIpc) is 2.50. The Labute approximate surface area is 146 Å². The van der Waals surface area contributed by atoms with Crippen LogP contribution in [0.3, 0.4) is 0 Å². The molecule has 2 aromatic carbocycles. The third kappa shape index (κ3) is 3.95. The van der Waals surface area contributed by atoms with E-state index in [0.29, 0.717) is 38.9 Å². The van der Waals surface area contributed by atoms with Gasteiger partial charge in [0.1, 0.15) is 17.7 Å². The molecule has 0 amide bonds. The molecule has 1 atom stereocenters. The van der Waals surface area contributed by atoms with Gasteiger partial charge < -0.3 is 4.74 Å². The maximum Gasteiger partial charge on any atom is 0.131 e. The molecule has 0 spiro atoms. The summed E-state index contributed by atoms with van der Waals surface area (Å²) in [6, 6.07) is 7.97. The molecule has 2 aromatic rings. The normalized spacial score (nSPS) is 11.8. The Morgan fingerprint density at radius 2 is 1.87 bits per heavy atom. The van der Waals surface area contributed by atoms with E-state index < -0.39 is 0 Å². The molecule has 0 aliphatic rings. The second kappa shape index (κ2) is 7.67. The molecule has 0 bridgehead atoms. The minimum atomic E-state index is -0.383. The lowest BCUT2D eigenvalue weighted by Crippen LogP contribution is -2.10. The summed E-state index contributed by atoms with van der Waals surface area (Å²) in [6.45, 7) is 9.28. The van der Waals surface area contributed by atoms with E-state index in [1.54, 1.807) is 30.4 Å². The van der Waals surface area contributed by atoms with Gasteiger partial charge in [0.25, 0.3) is 0 Å². The SMILES string of the molecule is C=CCc1cc(F)cc(-c2c(Cl)cccc2Cl)c1OC(C)C=C. The topological polar surface area (TPSA) is 9.23 Å². The van der Waals surface area contributed by atoms with Gasteiger partial charge in [0.2, 0.25) is 0 Å². The first kappa shape index (κ1) is 17.6. The van der Waals surface area contributed by atoms with Crippen LogP contribution in [0.25, 0.3) is 11.1 Å². The monoisotopic (exact) mass is 350 g/mol. The van der Waals surface area contributed by atoms with E-state index in [2.05, 4.69) is 13.2 Å². The number of allylic oxidation sites excluding steroid dienone is 1. The Kier molecular flexibility index (Phi) is 5.86. The molecule has 0 heterocycles. The van der Waals surface area contributed by atoms with Crippen LogP contribution in [0.2, 0.25) is 10.0 Å². The molecular formula is C19H17Cl2FO. The van der Waals surface area contributed by atoms with Gasteiger partial charge in [-0.05, 0) is 37.6 Å². The lowest BCUT2D eigenvalue weighted by atomic mass is 9.99. The number of halogens is 3. The summed E-state index contributed by atoms with van der Waals surface area (Å²) >= 11 is 12.6. The predicted octanol–water partition coefficient (Wildman–Crippen LogP) is 6.48. The summed E-state index contributed by atoms with van der Waals surface area (Å²) in [4.78, 5) is 0. The number of benzene rings is 2. The van der Waals surface area contributed by atoms with E-state index in [1.165, 1.54) is 12.1 Å². The fraction of sp³-hybridized carbons (Fsp3) is 0.158. The molecule has 1 unspecified atom stereocenters. The van der Waals surface area contributed by atoms with Crippen molar-refractivity contribution in [1.82, 2.24) is 0 Å². The Balaban J connectivity index is 2.74. The van der Waals surface area contributed by atoms with Crippen molar-refractivity contribution in [2.75, 3.05) is 0 Å².